The average Bonchev–Trinajstić information content (AvgIpc) is 3.10. The SMILES string of the molecule is CC[C@@H](c1scc(C(=O)CCC2=C(C)C=C(C)CC2=O)c1C)C1CCN(CC(F)F)CC1. The van der Waals surface area contributed by atoms with Gasteiger partial charge in [-0.05, 0) is 88.1 Å². The summed E-state index contributed by atoms with van der Waals surface area (Å²) in [7, 11) is 0. The van der Waals surface area contributed by atoms with Crippen molar-refractivity contribution in [1.29, 1.82) is 0 Å². The lowest BCUT2D eigenvalue weighted by molar-refractivity contribution is -0.115. The van der Waals surface area contributed by atoms with Crippen molar-refractivity contribution in [1.82, 2.24) is 4.90 Å². The van der Waals surface area contributed by atoms with Crippen LogP contribution in [0.4, 0.5) is 8.78 Å². The number of rotatable bonds is 9. The van der Waals surface area contributed by atoms with Crippen molar-refractivity contribution in [2.24, 2.45) is 5.92 Å². The fourth-order valence-electron chi connectivity index (χ4n) is 5.34. The molecule has 1 aliphatic heterocycles. The molecule has 1 fully saturated rings. The number of nitrogens with zero attached hydrogens (tertiary/aromatic N) is 1. The summed E-state index contributed by atoms with van der Waals surface area (Å²) in [6.45, 7) is 9.44. The molecule has 3 rings (SSSR count). The number of ketones is 2. The van der Waals surface area contributed by atoms with Gasteiger partial charge >= 0.3 is 0 Å². The van der Waals surface area contributed by atoms with Gasteiger partial charge in [-0.1, -0.05) is 18.6 Å². The Morgan fingerprint density at radius 2 is 1.91 bits per heavy atom. The molecule has 0 radical (unpaired) electrons. The van der Waals surface area contributed by atoms with Crippen molar-refractivity contribution in [3.05, 3.63) is 44.2 Å². The van der Waals surface area contributed by atoms with Crippen LogP contribution in [0, 0.1) is 12.8 Å². The number of halogens is 2. The van der Waals surface area contributed by atoms with Crippen LogP contribution in [0.15, 0.2) is 28.2 Å². The Morgan fingerprint density at radius 1 is 1.22 bits per heavy atom. The molecule has 3 nitrogen and oxygen atoms in total. The molecule has 0 saturated carbocycles. The maximum absolute atomic E-state index is 13.0. The maximum atomic E-state index is 13.0. The lowest BCUT2D eigenvalue weighted by Gasteiger charge is -2.35. The molecule has 0 unspecified atom stereocenters. The van der Waals surface area contributed by atoms with Crippen molar-refractivity contribution in [3.8, 4) is 0 Å². The molecule has 2 heterocycles. The van der Waals surface area contributed by atoms with Crippen LogP contribution < -0.4 is 0 Å². The zero-order valence-electron chi connectivity index (χ0n) is 19.7. The largest absolute Gasteiger partial charge is 0.298 e. The van der Waals surface area contributed by atoms with Crippen molar-refractivity contribution in [3.63, 3.8) is 0 Å². The molecule has 0 spiro atoms. The second-order valence-electron chi connectivity index (χ2n) is 9.36. The lowest BCUT2D eigenvalue weighted by atomic mass is 9.80. The van der Waals surface area contributed by atoms with Gasteiger partial charge in [0.1, 0.15) is 0 Å². The van der Waals surface area contributed by atoms with Gasteiger partial charge in [0, 0.05) is 28.7 Å². The number of hydrogen-bond acceptors (Lipinski definition) is 4. The molecule has 0 amide bonds. The standard InChI is InChI=1S/C26H35F2NO2S/c1-5-20(19-8-10-29(11-9-19)14-25(27)28)26-18(4)22(15-32-26)23(30)7-6-21-17(3)12-16(2)13-24(21)31/h12,15,19-20,25H,5-11,13-14H2,1-4H3/t20-/m1/s1. The van der Waals surface area contributed by atoms with Crippen LogP contribution in [0.3, 0.4) is 0 Å². The van der Waals surface area contributed by atoms with Gasteiger partial charge in [-0.3, -0.25) is 14.5 Å². The monoisotopic (exact) mass is 463 g/mol. The second kappa shape index (κ2) is 11.0. The van der Waals surface area contributed by atoms with E-state index in [0.717, 1.165) is 60.2 Å². The molecule has 1 aromatic heterocycles. The van der Waals surface area contributed by atoms with Gasteiger partial charge in [-0.15, -0.1) is 11.3 Å². The van der Waals surface area contributed by atoms with Crippen LogP contribution in [0.5, 0.6) is 0 Å². The zero-order chi connectivity index (χ0) is 23.4. The molecule has 1 aliphatic carbocycles. The molecule has 1 saturated heterocycles. The Balaban J connectivity index is 1.65. The molecule has 2 aliphatic rings. The van der Waals surface area contributed by atoms with Crippen LogP contribution in [-0.4, -0.2) is 42.5 Å². The minimum absolute atomic E-state index is 0.103. The number of Topliss-reactive ketones (excluding diaryl/α,β-unsaturated/α-hetero) is 2. The van der Waals surface area contributed by atoms with Crippen LogP contribution in [0.1, 0.15) is 86.0 Å². The number of thiophene rings is 1. The fraction of sp³-hybridized carbons (Fsp3) is 0.615. The van der Waals surface area contributed by atoms with E-state index in [1.807, 2.05) is 37.1 Å². The Labute approximate surface area is 194 Å². The van der Waals surface area contributed by atoms with Crippen LogP contribution in [0.2, 0.25) is 0 Å². The van der Waals surface area contributed by atoms with Gasteiger partial charge in [-0.2, -0.15) is 0 Å². The lowest BCUT2D eigenvalue weighted by Crippen LogP contribution is -2.38. The van der Waals surface area contributed by atoms with E-state index < -0.39 is 6.43 Å². The Hall–Kier alpha value is -1.66. The number of alkyl halides is 2. The van der Waals surface area contributed by atoms with Gasteiger partial charge in [0.15, 0.2) is 11.6 Å². The van der Waals surface area contributed by atoms with E-state index in [4.69, 9.17) is 0 Å². The van der Waals surface area contributed by atoms with Gasteiger partial charge in [0.2, 0.25) is 0 Å². The van der Waals surface area contributed by atoms with Gasteiger partial charge in [0.05, 0.1) is 6.54 Å². The summed E-state index contributed by atoms with van der Waals surface area (Å²) in [5.41, 5.74) is 4.70. The molecule has 32 heavy (non-hydrogen) atoms. The molecule has 6 heteroatoms. The third-order valence-electron chi connectivity index (χ3n) is 7.07. The third-order valence-corrected chi connectivity index (χ3v) is 8.29. The summed E-state index contributed by atoms with van der Waals surface area (Å²) < 4.78 is 25.4. The second-order valence-corrected chi connectivity index (χ2v) is 10.3. The molecule has 0 N–H and O–H groups in total. The number of carbonyl (C=O) groups is 2. The average molecular weight is 464 g/mol. The molecular formula is C26H35F2NO2S. The van der Waals surface area contributed by atoms with Crippen LogP contribution >= 0.6 is 11.3 Å². The predicted molar refractivity (Wildman–Crippen MR) is 127 cm³/mol. The third kappa shape index (κ3) is 5.82. The highest BCUT2D eigenvalue weighted by molar-refractivity contribution is 7.10. The van der Waals surface area contributed by atoms with E-state index in [0.29, 0.717) is 31.1 Å². The smallest absolute Gasteiger partial charge is 0.251 e. The normalized spacial score (nSPS) is 19.6. The van der Waals surface area contributed by atoms with E-state index in [2.05, 4.69) is 6.92 Å². The first-order valence-electron chi connectivity index (χ1n) is 11.7. The highest BCUT2D eigenvalue weighted by Gasteiger charge is 2.30. The Bertz CT molecular complexity index is 907. The minimum atomic E-state index is -2.27. The van der Waals surface area contributed by atoms with Crippen molar-refractivity contribution >= 4 is 22.9 Å². The molecule has 0 aromatic carbocycles. The van der Waals surface area contributed by atoms with E-state index in [1.165, 1.54) is 4.88 Å². The van der Waals surface area contributed by atoms with Crippen LogP contribution in [-0.2, 0) is 4.79 Å². The van der Waals surface area contributed by atoms with Gasteiger partial charge in [0.25, 0.3) is 6.43 Å². The Kier molecular flexibility index (Phi) is 8.56. The number of likely N-dealkylation sites (tertiary alicyclic amines) is 1. The van der Waals surface area contributed by atoms with E-state index in [-0.39, 0.29) is 18.1 Å². The topological polar surface area (TPSA) is 37.4 Å². The van der Waals surface area contributed by atoms with E-state index in [9.17, 15) is 18.4 Å². The Morgan fingerprint density at radius 3 is 2.50 bits per heavy atom. The summed E-state index contributed by atoms with van der Waals surface area (Å²) in [4.78, 5) is 28.5. The highest BCUT2D eigenvalue weighted by Crippen LogP contribution is 2.41. The van der Waals surface area contributed by atoms with Crippen molar-refractivity contribution in [2.45, 2.75) is 78.6 Å². The summed E-state index contributed by atoms with van der Waals surface area (Å²) in [5.74, 6) is 1.08. The number of carbonyl (C=O) groups excluding carboxylic acids is 2. The number of allylic oxidation sites excluding steroid dienone is 4. The van der Waals surface area contributed by atoms with Crippen molar-refractivity contribution in [2.75, 3.05) is 19.6 Å². The zero-order valence-corrected chi connectivity index (χ0v) is 20.5. The van der Waals surface area contributed by atoms with E-state index in [1.54, 1.807) is 11.3 Å². The summed E-state index contributed by atoms with van der Waals surface area (Å²) in [6, 6.07) is 0. The summed E-state index contributed by atoms with van der Waals surface area (Å²) in [5, 5.41) is 1.98. The first kappa shape index (κ1) is 25.0. The van der Waals surface area contributed by atoms with Crippen molar-refractivity contribution < 1.29 is 18.4 Å². The first-order valence-corrected chi connectivity index (χ1v) is 12.6. The first-order chi connectivity index (χ1) is 15.2. The van der Waals surface area contributed by atoms with E-state index >= 15 is 0 Å². The summed E-state index contributed by atoms with van der Waals surface area (Å²) >= 11 is 1.66. The molecule has 0 bridgehead atoms. The molecule has 1 atom stereocenters. The minimum Gasteiger partial charge on any atom is -0.298 e. The van der Waals surface area contributed by atoms with Gasteiger partial charge in [-0.25, -0.2) is 8.78 Å². The fourth-order valence-corrected chi connectivity index (χ4v) is 6.71. The quantitative estimate of drug-likeness (QED) is 0.381. The molecule has 1 aromatic rings. The van der Waals surface area contributed by atoms with Gasteiger partial charge < -0.3 is 0 Å². The number of piperidine rings is 1. The van der Waals surface area contributed by atoms with Crippen LogP contribution in [0.25, 0.3) is 0 Å². The maximum Gasteiger partial charge on any atom is 0.251 e. The summed E-state index contributed by atoms with van der Waals surface area (Å²) in [6.07, 6.45) is 3.92. The highest BCUT2D eigenvalue weighted by atomic mass is 32.1. The number of hydrogen-bond donors (Lipinski definition) is 0. The molecule has 176 valence electrons. The molecular weight excluding hydrogens is 428 g/mol. The predicted octanol–water partition coefficient (Wildman–Crippen LogP) is 6.73.